The van der Waals surface area contributed by atoms with Crippen LogP contribution in [-0.2, 0) is 11.3 Å². The molecule has 0 saturated carbocycles. The Morgan fingerprint density at radius 2 is 1.35 bits per heavy atom. The van der Waals surface area contributed by atoms with Crippen LogP contribution in [0.15, 0.2) is 83.7 Å². The number of esters is 1. The van der Waals surface area contributed by atoms with E-state index in [9.17, 15) is 19.2 Å². The predicted molar refractivity (Wildman–Crippen MR) is 124 cm³/mol. The molecule has 0 aliphatic carbocycles. The molecule has 1 aromatic heterocycles. The highest BCUT2D eigenvalue weighted by atomic mass is 16.5. The smallest absolute Gasteiger partial charge is 0.359 e. The van der Waals surface area contributed by atoms with Gasteiger partial charge < -0.3 is 4.74 Å². The first-order valence-electron chi connectivity index (χ1n) is 10.7. The van der Waals surface area contributed by atoms with Gasteiger partial charge in [-0.2, -0.15) is 5.10 Å². The lowest BCUT2D eigenvalue weighted by Gasteiger charge is -2.14. The molecule has 0 spiro atoms. The highest BCUT2D eigenvalue weighted by molar-refractivity contribution is 6.21. The van der Waals surface area contributed by atoms with Gasteiger partial charge in [0, 0.05) is 5.39 Å². The van der Waals surface area contributed by atoms with E-state index in [-0.39, 0.29) is 30.9 Å². The average molecular weight is 453 g/mol. The van der Waals surface area contributed by atoms with E-state index in [4.69, 9.17) is 4.74 Å². The van der Waals surface area contributed by atoms with E-state index < -0.39 is 17.8 Å². The van der Waals surface area contributed by atoms with Gasteiger partial charge in [0.15, 0.2) is 5.69 Å². The monoisotopic (exact) mass is 453 g/mol. The molecule has 1 aliphatic rings. The lowest BCUT2D eigenvalue weighted by molar-refractivity contribution is 0.0415. The summed E-state index contributed by atoms with van der Waals surface area (Å²) in [5, 5.41) is 5.02. The summed E-state index contributed by atoms with van der Waals surface area (Å²) < 4.78 is 6.61. The van der Waals surface area contributed by atoms with Crippen LogP contribution in [0, 0.1) is 0 Å². The van der Waals surface area contributed by atoms with Crippen molar-refractivity contribution in [3.05, 3.63) is 112 Å². The predicted octanol–water partition coefficient (Wildman–Crippen LogP) is 2.90. The van der Waals surface area contributed by atoms with Crippen LogP contribution in [0.1, 0.15) is 36.8 Å². The van der Waals surface area contributed by atoms with Crippen molar-refractivity contribution in [3.8, 4) is 0 Å². The van der Waals surface area contributed by atoms with Gasteiger partial charge in [-0.15, -0.1) is 0 Å². The molecule has 0 atom stereocenters. The Labute approximate surface area is 194 Å². The van der Waals surface area contributed by atoms with Crippen LogP contribution < -0.4 is 5.56 Å². The van der Waals surface area contributed by atoms with Crippen molar-refractivity contribution in [2.75, 3.05) is 13.2 Å². The number of hydrogen-bond acceptors (Lipinski definition) is 6. The Morgan fingerprint density at radius 3 is 2.03 bits per heavy atom. The Morgan fingerprint density at radius 1 is 0.765 bits per heavy atom. The molecule has 0 fully saturated rings. The number of ether oxygens (including phenoxy) is 1. The molecule has 4 aromatic rings. The summed E-state index contributed by atoms with van der Waals surface area (Å²) in [4.78, 5) is 51.9. The van der Waals surface area contributed by atoms with Gasteiger partial charge in [0.25, 0.3) is 17.4 Å². The summed E-state index contributed by atoms with van der Waals surface area (Å²) in [5.74, 6) is -1.58. The summed E-state index contributed by atoms with van der Waals surface area (Å²) in [6.07, 6.45) is 0. The first kappa shape index (κ1) is 21.3. The van der Waals surface area contributed by atoms with Gasteiger partial charge in [0.05, 0.1) is 29.6 Å². The van der Waals surface area contributed by atoms with Crippen molar-refractivity contribution in [3.63, 3.8) is 0 Å². The van der Waals surface area contributed by atoms with Crippen LogP contribution >= 0.6 is 0 Å². The third-order valence-corrected chi connectivity index (χ3v) is 5.66. The van der Waals surface area contributed by atoms with Crippen molar-refractivity contribution in [2.45, 2.75) is 6.54 Å². The zero-order valence-corrected chi connectivity index (χ0v) is 18.0. The molecule has 0 unspecified atom stereocenters. The summed E-state index contributed by atoms with van der Waals surface area (Å²) in [6.45, 7) is -0.0857. The first-order chi connectivity index (χ1) is 16.5. The molecule has 8 heteroatoms. The zero-order valence-electron chi connectivity index (χ0n) is 18.0. The molecule has 0 bridgehead atoms. The minimum absolute atomic E-state index is 0.00603. The van der Waals surface area contributed by atoms with E-state index in [1.54, 1.807) is 48.5 Å². The van der Waals surface area contributed by atoms with E-state index in [0.29, 0.717) is 21.9 Å². The number of nitrogens with zero attached hydrogens (tertiary/aromatic N) is 3. The first-order valence-corrected chi connectivity index (χ1v) is 10.7. The standard InChI is InChI=1S/C26H19N3O5/c30-23-20-12-6-7-13-21(20)24(31)28(23)14-15-34-26(33)22-18-10-4-5-11-19(18)25(32)29(27-22)16-17-8-2-1-3-9-17/h1-13H,14-16H2. The molecule has 168 valence electrons. The maximum atomic E-state index is 12.9. The van der Waals surface area contributed by atoms with Gasteiger partial charge in [-0.3, -0.25) is 19.3 Å². The largest absolute Gasteiger partial charge is 0.459 e. The van der Waals surface area contributed by atoms with Gasteiger partial charge in [0.1, 0.15) is 6.61 Å². The fraction of sp³-hybridized carbons (Fsp3) is 0.115. The van der Waals surface area contributed by atoms with Crippen molar-refractivity contribution < 1.29 is 19.1 Å². The third kappa shape index (κ3) is 3.75. The number of fused-ring (bicyclic) bond motifs is 2. The number of carbonyl (C=O) groups excluding carboxylic acids is 3. The minimum Gasteiger partial charge on any atom is -0.459 e. The number of imide groups is 1. The maximum absolute atomic E-state index is 12.9. The Balaban J connectivity index is 1.37. The van der Waals surface area contributed by atoms with Gasteiger partial charge in [-0.1, -0.05) is 60.7 Å². The lowest BCUT2D eigenvalue weighted by atomic mass is 10.1. The molecule has 34 heavy (non-hydrogen) atoms. The highest BCUT2D eigenvalue weighted by Gasteiger charge is 2.35. The van der Waals surface area contributed by atoms with Crippen LogP contribution in [0.2, 0.25) is 0 Å². The summed E-state index contributed by atoms with van der Waals surface area (Å²) >= 11 is 0. The molecule has 1 aliphatic heterocycles. The second-order valence-electron chi connectivity index (χ2n) is 7.79. The Bertz CT molecular complexity index is 1460. The van der Waals surface area contributed by atoms with Crippen molar-refractivity contribution >= 4 is 28.6 Å². The highest BCUT2D eigenvalue weighted by Crippen LogP contribution is 2.22. The van der Waals surface area contributed by atoms with E-state index in [0.717, 1.165) is 10.5 Å². The number of carbonyl (C=O) groups is 3. The Kier molecular flexibility index (Phi) is 5.47. The quantitative estimate of drug-likeness (QED) is 0.329. The van der Waals surface area contributed by atoms with Crippen LogP contribution in [-0.4, -0.2) is 45.6 Å². The van der Waals surface area contributed by atoms with Gasteiger partial charge >= 0.3 is 5.97 Å². The van der Waals surface area contributed by atoms with E-state index in [1.165, 1.54) is 4.68 Å². The molecule has 2 amide bonds. The van der Waals surface area contributed by atoms with Crippen molar-refractivity contribution in [2.24, 2.45) is 0 Å². The van der Waals surface area contributed by atoms with Gasteiger partial charge in [-0.25, -0.2) is 9.48 Å². The van der Waals surface area contributed by atoms with E-state index in [1.807, 2.05) is 30.3 Å². The Hall–Kier alpha value is -4.59. The normalized spacial score (nSPS) is 12.8. The third-order valence-electron chi connectivity index (χ3n) is 5.66. The molecular formula is C26H19N3O5. The van der Waals surface area contributed by atoms with Crippen LogP contribution in [0.5, 0.6) is 0 Å². The number of benzene rings is 3. The molecule has 8 nitrogen and oxygen atoms in total. The van der Waals surface area contributed by atoms with Crippen LogP contribution in [0.4, 0.5) is 0 Å². The van der Waals surface area contributed by atoms with Gasteiger partial charge in [-0.05, 0) is 23.8 Å². The van der Waals surface area contributed by atoms with Gasteiger partial charge in [0.2, 0.25) is 0 Å². The number of rotatable bonds is 6. The second-order valence-corrected chi connectivity index (χ2v) is 7.79. The number of hydrogen-bond donors (Lipinski definition) is 0. The van der Waals surface area contributed by atoms with Crippen molar-refractivity contribution in [1.29, 1.82) is 0 Å². The van der Waals surface area contributed by atoms with Crippen LogP contribution in [0.3, 0.4) is 0 Å². The van der Waals surface area contributed by atoms with E-state index >= 15 is 0 Å². The second kappa shape index (κ2) is 8.74. The lowest BCUT2D eigenvalue weighted by Crippen LogP contribution is -2.34. The molecule has 3 aromatic carbocycles. The number of aromatic nitrogens is 2. The fourth-order valence-corrected chi connectivity index (χ4v) is 3.99. The maximum Gasteiger partial charge on any atom is 0.359 e. The molecule has 0 radical (unpaired) electrons. The molecule has 5 rings (SSSR count). The average Bonchev–Trinajstić information content (AvgIpc) is 3.11. The zero-order chi connectivity index (χ0) is 23.7. The molecule has 0 saturated heterocycles. The fourth-order valence-electron chi connectivity index (χ4n) is 3.99. The minimum atomic E-state index is -0.741. The SMILES string of the molecule is O=C(OCCN1C(=O)c2ccccc2C1=O)c1nn(Cc2ccccc2)c(=O)c2ccccc12. The molecule has 2 heterocycles. The summed E-state index contributed by atoms with van der Waals surface area (Å²) in [6, 6.07) is 22.6. The van der Waals surface area contributed by atoms with Crippen molar-refractivity contribution in [1.82, 2.24) is 14.7 Å². The topological polar surface area (TPSA) is 98.6 Å². The summed E-state index contributed by atoms with van der Waals surface area (Å²) in [5.41, 5.74) is 1.20. The van der Waals surface area contributed by atoms with E-state index in [2.05, 4.69) is 5.10 Å². The molecule has 0 N–H and O–H groups in total. The summed E-state index contributed by atoms with van der Waals surface area (Å²) in [7, 11) is 0. The van der Waals surface area contributed by atoms with Crippen LogP contribution in [0.25, 0.3) is 10.8 Å². The number of amides is 2. The molecular weight excluding hydrogens is 434 g/mol.